The number of carboxylic acid groups (broad SMARTS) is 1. The molecule has 0 fully saturated rings. The van der Waals surface area contributed by atoms with E-state index < -0.39 is 11.5 Å². The van der Waals surface area contributed by atoms with Gasteiger partial charge >= 0.3 is 5.97 Å². The van der Waals surface area contributed by atoms with Crippen LogP contribution in [0.2, 0.25) is 0 Å². The predicted octanol–water partition coefficient (Wildman–Crippen LogP) is 3.50. The van der Waals surface area contributed by atoms with Crippen LogP contribution in [0.15, 0.2) is 54.6 Å². The Hall–Kier alpha value is -2.62. The van der Waals surface area contributed by atoms with E-state index in [1.807, 2.05) is 30.3 Å². The highest BCUT2D eigenvalue weighted by Crippen LogP contribution is 2.33. The van der Waals surface area contributed by atoms with Crippen LogP contribution in [0.3, 0.4) is 0 Å². The first-order valence-corrected chi connectivity index (χ1v) is 6.60. The summed E-state index contributed by atoms with van der Waals surface area (Å²) in [6.07, 6.45) is 0.763. The summed E-state index contributed by atoms with van der Waals surface area (Å²) < 4.78 is 0. The molecule has 21 heavy (non-hydrogen) atoms. The number of aliphatic carboxylic acids is 1. The zero-order valence-electron chi connectivity index (χ0n) is 12.0. The van der Waals surface area contributed by atoms with Crippen LogP contribution in [-0.4, -0.2) is 22.9 Å². The molecule has 2 rings (SSSR count). The Morgan fingerprint density at radius 3 is 2.00 bits per heavy atom. The molecule has 0 radical (unpaired) electrons. The van der Waals surface area contributed by atoms with Crippen LogP contribution < -0.4 is 4.90 Å². The minimum absolute atomic E-state index is 0.555. The largest absolute Gasteiger partial charge is 0.480 e. The first-order valence-electron chi connectivity index (χ1n) is 6.60. The van der Waals surface area contributed by atoms with Crippen LogP contribution in [0.5, 0.6) is 0 Å². The van der Waals surface area contributed by atoms with Gasteiger partial charge in [-0.15, -0.1) is 0 Å². The van der Waals surface area contributed by atoms with Gasteiger partial charge in [0.2, 0.25) is 0 Å². The fourth-order valence-corrected chi connectivity index (χ4v) is 2.17. The van der Waals surface area contributed by atoms with Crippen molar-refractivity contribution in [2.24, 2.45) is 0 Å². The number of benzene rings is 2. The van der Waals surface area contributed by atoms with Gasteiger partial charge in [0.05, 0.1) is 0 Å². The molecule has 0 saturated carbocycles. The lowest BCUT2D eigenvalue weighted by molar-refractivity contribution is -0.141. The highest BCUT2D eigenvalue weighted by Gasteiger charge is 2.35. The van der Waals surface area contributed by atoms with Gasteiger partial charge in [0.1, 0.15) is 11.8 Å². The molecule has 0 unspecified atom stereocenters. The number of hydrogen-bond donors (Lipinski definition) is 1. The Kier molecular flexibility index (Phi) is 4.08. The molecule has 0 aliphatic heterocycles. The van der Waals surface area contributed by atoms with Gasteiger partial charge in [-0.05, 0) is 50.2 Å². The zero-order valence-corrected chi connectivity index (χ0v) is 12.0. The van der Waals surface area contributed by atoms with Crippen molar-refractivity contribution in [1.29, 1.82) is 0 Å². The lowest BCUT2D eigenvalue weighted by Crippen LogP contribution is -2.47. The zero-order chi connectivity index (χ0) is 15.5. The molecule has 0 saturated heterocycles. The number of anilines is 2. The summed E-state index contributed by atoms with van der Waals surface area (Å²) in [7, 11) is 0. The van der Waals surface area contributed by atoms with Crippen molar-refractivity contribution in [3.8, 4) is 0 Å². The van der Waals surface area contributed by atoms with Gasteiger partial charge < -0.3 is 10.0 Å². The third-order valence-electron chi connectivity index (χ3n) is 3.38. The second kappa shape index (κ2) is 5.79. The van der Waals surface area contributed by atoms with E-state index in [9.17, 15) is 14.7 Å². The molecule has 0 aliphatic rings. The molecule has 1 N–H and O–H groups in total. The van der Waals surface area contributed by atoms with E-state index in [4.69, 9.17) is 0 Å². The highest BCUT2D eigenvalue weighted by molar-refractivity contribution is 5.87. The van der Waals surface area contributed by atoms with E-state index in [0.717, 1.165) is 17.7 Å². The minimum Gasteiger partial charge on any atom is -0.480 e. The van der Waals surface area contributed by atoms with Gasteiger partial charge in [0.25, 0.3) is 0 Å². The molecular formula is C17H17NO3. The van der Waals surface area contributed by atoms with Crippen molar-refractivity contribution in [2.75, 3.05) is 4.90 Å². The third kappa shape index (κ3) is 2.94. The molecule has 0 aromatic heterocycles. The van der Waals surface area contributed by atoms with Crippen LogP contribution in [0.25, 0.3) is 0 Å². The summed E-state index contributed by atoms with van der Waals surface area (Å²) >= 11 is 0. The first kappa shape index (κ1) is 14.8. The van der Waals surface area contributed by atoms with Crippen molar-refractivity contribution < 1.29 is 14.7 Å². The van der Waals surface area contributed by atoms with E-state index in [-0.39, 0.29) is 0 Å². The number of rotatable bonds is 5. The summed E-state index contributed by atoms with van der Waals surface area (Å²) in [4.78, 5) is 24.1. The summed E-state index contributed by atoms with van der Waals surface area (Å²) in [5, 5.41) is 9.54. The fraction of sp³-hybridized carbons (Fsp3) is 0.176. The fourth-order valence-electron chi connectivity index (χ4n) is 2.17. The Bertz CT molecular complexity index is 633. The van der Waals surface area contributed by atoms with Crippen LogP contribution in [0, 0.1) is 0 Å². The molecule has 4 heteroatoms. The van der Waals surface area contributed by atoms with Gasteiger partial charge in [-0.2, -0.15) is 0 Å². The summed E-state index contributed by atoms with van der Waals surface area (Å²) in [5.74, 6) is -0.925. The van der Waals surface area contributed by atoms with Crippen molar-refractivity contribution in [3.05, 3.63) is 60.2 Å². The normalized spacial score (nSPS) is 11.0. The van der Waals surface area contributed by atoms with Gasteiger partial charge in [-0.3, -0.25) is 4.79 Å². The molecular weight excluding hydrogens is 266 g/mol. The number of aldehydes is 1. The molecule has 2 aromatic rings. The van der Waals surface area contributed by atoms with E-state index in [0.29, 0.717) is 5.56 Å². The topological polar surface area (TPSA) is 57.6 Å². The quantitative estimate of drug-likeness (QED) is 0.853. The van der Waals surface area contributed by atoms with E-state index in [2.05, 4.69) is 0 Å². The standard InChI is InChI=1S/C17H17NO3/c1-17(2,16(20)21)18(14-6-4-3-5-7-14)15-10-8-13(12-19)9-11-15/h3-12H,1-2H3,(H,20,21). The molecule has 108 valence electrons. The maximum Gasteiger partial charge on any atom is 0.329 e. The Morgan fingerprint density at radius 2 is 1.52 bits per heavy atom. The monoisotopic (exact) mass is 283 g/mol. The lowest BCUT2D eigenvalue weighted by Gasteiger charge is -2.37. The maximum absolute atomic E-state index is 11.6. The molecule has 0 bridgehead atoms. The number of carboxylic acids is 1. The highest BCUT2D eigenvalue weighted by atomic mass is 16.4. The van der Waals surface area contributed by atoms with Crippen LogP contribution >= 0.6 is 0 Å². The number of nitrogens with zero attached hydrogens (tertiary/aromatic N) is 1. The molecule has 0 amide bonds. The van der Waals surface area contributed by atoms with Crippen molar-refractivity contribution in [3.63, 3.8) is 0 Å². The van der Waals surface area contributed by atoms with Crippen molar-refractivity contribution >= 4 is 23.6 Å². The first-order chi connectivity index (χ1) is 9.96. The molecule has 0 spiro atoms. The summed E-state index contributed by atoms with van der Waals surface area (Å²) in [5.41, 5.74) is 0.937. The molecule has 0 atom stereocenters. The SMILES string of the molecule is CC(C)(C(=O)O)N(c1ccccc1)c1ccc(C=O)cc1. The van der Waals surface area contributed by atoms with Crippen molar-refractivity contribution in [1.82, 2.24) is 0 Å². The second-order valence-electron chi connectivity index (χ2n) is 5.24. The molecule has 0 heterocycles. The number of hydrogen-bond acceptors (Lipinski definition) is 3. The predicted molar refractivity (Wildman–Crippen MR) is 82.1 cm³/mol. The van der Waals surface area contributed by atoms with Gasteiger partial charge in [0, 0.05) is 16.9 Å². The van der Waals surface area contributed by atoms with E-state index >= 15 is 0 Å². The van der Waals surface area contributed by atoms with Gasteiger partial charge in [0.15, 0.2) is 0 Å². The van der Waals surface area contributed by atoms with Gasteiger partial charge in [-0.1, -0.05) is 18.2 Å². The Labute approximate surface area is 123 Å². The van der Waals surface area contributed by atoms with E-state index in [1.54, 1.807) is 43.0 Å². The molecule has 0 aliphatic carbocycles. The Morgan fingerprint density at radius 1 is 1.00 bits per heavy atom. The lowest BCUT2D eigenvalue weighted by atomic mass is 10.00. The van der Waals surface area contributed by atoms with Crippen LogP contribution in [0.4, 0.5) is 11.4 Å². The van der Waals surface area contributed by atoms with Crippen LogP contribution in [-0.2, 0) is 4.79 Å². The minimum atomic E-state index is -1.12. The number of carbonyl (C=O) groups is 2. The molecule has 4 nitrogen and oxygen atoms in total. The third-order valence-corrected chi connectivity index (χ3v) is 3.38. The average Bonchev–Trinajstić information content (AvgIpc) is 2.49. The van der Waals surface area contributed by atoms with E-state index in [1.165, 1.54) is 0 Å². The number of carbonyl (C=O) groups excluding carboxylic acids is 1. The summed E-state index contributed by atoms with van der Waals surface area (Å²) in [6, 6.07) is 16.2. The van der Waals surface area contributed by atoms with Gasteiger partial charge in [-0.25, -0.2) is 4.79 Å². The number of para-hydroxylation sites is 1. The smallest absolute Gasteiger partial charge is 0.329 e. The summed E-state index contributed by atoms with van der Waals surface area (Å²) in [6.45, 7) is 3.30. The van der Waals surface area contributed by atoms with Crippen molar-refractivity contribution in [2.45, 2.75) is 19.4 Å². The molecule has 2 aromatic carbocycles. The average molecular weight is 283 g/mol. The second-order valence-corrected chi connectivity index (χ2v) is 5.24. The Balaban J connectivity index is 2.55. The van der Waals surface area contributed by atoms with Crippen LogP contribution in [0.1, 0.15) is 24.2 Å². The maximum atomic E-state index is 11.6.